The van der Waals surface area contributed by atoms with Gasteiger partial charge in [-0.15, -0.1) is 5.10 Å². The maximum absolute atomic E-state index is 13.6. The molecule has 0 aliphatic rings. The Morgan fingerprint density at radius 3 is 2.85 bits per heavy atom. The molecule has 1 aromatic carbocycles. The van der Waals surface area contributed by atoms with E-state index in [0.29, 0.717) is 11.5 Å². The van der Waals surface area contributed by atoms with Gasteiger partial charge in [0.25, 0.3) is 0 Å². The van der Waals surface area contributed by atoms with Crippen LogP contribution in [-0.2, 0) is 0 Å². The van der Waals surface area contributed by atoms with Gasteiger partial charge in [0.2, 0.25) is 5.95 Å². The highest BCUT2D eigenvalue weighted by Crippen LogP contribution is 2.19. The molecule has 0 radical (unpaired) electrons. The number of anilines is 1. The first-order chi connectivity index (χ1) is 9.63. The van der Waals surface area contributed by atoms with Crippen molar-refractivity contribution < 1.29 is 4.39 Å². The van der Waals surface area contributed by atoms with Crippen molar-refractivity contribution in [1.82, 2.24) is 14.6 Å². The molecule has 2 heterocycles. The van der Waals surface area contributed by atoms with Crippen LogP contribution in [0.15, 0.2) is 42.6 Å². The molecule has 0 saturated carbocycles. The first-order valence-electron chi connectivity index (χ1n) is 6.47. The smallest absolute Gasteiger partial charge is 0.243 e. The fraction of sp³-hybridized carbons (Fsp3) is 0.200. The van der Waals surface area contributed by atoms with Crippen LogP contribution >= 0.6 is 0 Å². The summed E-state index contributed by atoms with van der Waals surface area (Å²) < 4.78 is 15.3. The number of hydrogen-bond acceptors (Lipinski definition) is 3. The maximum Gasteiger partial charge on any atom is 0.243 e. The predicted molar refractivity (Wildman–Crippen MR) is 76.2 cm³/mol. The van der Waals surface area contributed by atoms with Crippen LogP contribution in [0.5, 0.6) is 0 Å². The SMILES string of the molecule is Cc1ccc(C(C)Nc2nc3ccccn3n2)cc1F. The minimum absolute atomic E-state index is 0.0671. The Morgan fingerprint density at radius 2 is 2.10 bits per heavy atom. The van der Waals surface area contributed by atoms with Crippen molar-refractivity contribution in [3.05, 3.63) is 59.5 Å². The number of pyridine rings is 1. The van der Waals surface area contributed by atoms with Crippen molar-refractivity contribution in [2.24, 2.45) is 0 Å². The molecule has 5 heteroatoms. The van der Waals surface area contributed by atoms with Gasteiger partial charge in [0.05, 0.1) is 6.04 Å². The highest BCUT2D eigenvalue weighted by atomic mass is 19.1. The lowest BCUT2D eigenvalue weighted by Gasteiger charge is -2.13. The van der Waals surface area contributed by atoms with Gasteiger partial charge in [-0.1, -0.05) is 18.2 Å². The van der Waals surface area contributed by atoms with E-state index in [2.05, 4.69) is 15.4 Å². The van der Waals surface area contributed by atoms with E-state index < -0.39 is 0 Å². The highest BCUT2D eigenvalue weighted by molar-refractivity contribution is 5.44. The van der Waals surface area contributed by atoms with Crippen LogP contribution in [0.25, 0.3) is 5.65 Å². The van der Waals surface area contributed by atoms with Crippen molar-refractivity contribution in [3.63, 3.8) is 0 Å². The molecule has 20 heavy (non-hydrogen) atoms. The van der Waals surface area contributed by atoms with E-state index in [1.165, 1.54) is 0 Å². The van der Waals surface area contributed by atoms with Crippen molar-refractivity contribution in [3.8, 4) is 0 Å². The monoisotopic (exact) mass is 270 g/mol. The fourth-order valence-corrected chi connectivity index (χ4v) is 2.05. The lowest BCUT2D eigenvalue weighted by atomic mass is 10.1. The molecule has 0 bridgehead atoms. The van der Waals surface area contributed by atoms with Gasteiger partial charge in [-0.3, -0.25) is 0 Å². The third kappa shape index (κ3) is 2.34. The van der Waals surface area contributed by atoms with E-state index in [1.807, 2.05) is 37.4 Å². The Bertz CT molecular complexity index is 717. The first kappa shape index (κ1) is 12.6. The topological polar surface area (TPSA) is 42.2 Å². The summed E-state index contributed by atoms with van der Waals surface area (Å²) in [5.74, 6) is 0.337. The van der Waals surface area contributed by atoms with Crippen LogP contribution in [0, 0.1) is 12.7 Å². The average molecular weight is 270 g/mol. The molecule has 0 aliphatic heterocycles. The van der Waals surface area contributed by atoms with Crippen LogP contribution in [-0.4, -0.2) is 14.6 Å². The molecule has 0 fully saturated rings. The number of halogens is 1. The molecule has 0 spiro atoms. The number of hydrogen-bond donors (Lipinski definition) is 1. The number of aryl methyl sites for hydroxylation is 1. The van der Waals surface area contributed by atoms with Gasteiger partial charge in [-0.25, -0.2) is 8.91 Å². The summed E-state index contributed by atoms with van der Waals surface area (Å²) in [6, 6.07) is 10.8. The van der Waals surface area contributed by atoms with E-state index in [-0.39, 0.29) is 11.9 Å². The number of aromatic nitrogens is 3. The van der Waals surface area contributed by atoms with Gasteiger partial charge in [0.1, 0.15) is 5.82 Å². The Hall–Kier alpha value is -2.43. The molecule has 0 aliphatic carbocycles. The van der Waals surface area contributed by atoms with Gasteiger partial charge in [-0.2, -0.15) is 4.98 Å². The van der Waals surface area contributed by atoms with Crippen LogP contribution in [0.3, 0.4) is 0 Å². The Morgan fingerprint density at radius 1 is 1.25 bits per heavy atom. The molecule has 102 valence electrons. The van der Waals surface area contributed by atoms with E-state index >= 15 is 0 Å². The van der Waals surface area contributed by atoms with Gasteiger partial charge >= 0.3 is 0 Å². The third-order valence-corrected chi connectivity index (χ3v) is 3.28. The molecule has 0 saturated heterocycles. The second kappa shape index (κ2) is 4.92. The molecule has 3 aromatic rings. The number of rotatable bonds is 3. The van der Waals surface area contributed by atoms with Gasteiger partial charge < -0.3 is 5.32 Å². The molecule has 4 nitrogen and oxygen atoms in total. The molecule has 1 N–H and O–H groups in total. The molecule has 3 rings (SSSR count). The van der Waals surface area contributed by atoms with Gasteiger partial charge in [-0.05, 0) is 43.2 Å². The summed E-state index contributed by atoms with van der Waals surface area (Å²) in [5.41, 5.74) is 2.29. The molecule has 0 amide bonds. The molecule has 1 unspecified atom stereocenters. The number of nitrogens with one attached hydrogen (secondary N) is 1. The first-order valence-corrected chi connectivity index (χ1v) is 6.47. The number of nitrogens with zero attached hydrogens (tertiary/aromatic N) is 3. The summed E-state index contributed by atoms with van der Waals surface area (Å²) >= 11 is 0. The zero-order chi connectivity index (χ0) is 14.1. The zero-order valence-corrected chi connectivity index (χ0v) is 11.3. The van der Waals surface area contributed by atoms with Crippen LogP contribution in [0.2, 0.25) is 0 Å². The minimum Gasteiger partial charge on any atom is -0.346 e. The predicted octanol–water partition coefficient (Wildman–Crippen LogP) is 3.35. The minimum atomic E-state index is -0.195. The molecule has 2 aromatic heterocycles. The Labute approximate surface area is 116 Å². The highest BCUT2D eigenvalue weighted by Gasteiger charge is 2.10. The normalized spacial score (nSPS) is 12.6. The summed E-state index contributed by atoms with van der Waals surface area (Å²) in [7, 11) is 0. The van der Waals surface area contributed by atoms with E-state index in [0.717, 1.165) is 11.2 Å². The van der Waals surface area contributed by atoms with Crippen molar-refractivity contribution in [2.45, 2.75) is 19.9 Å². The second-order valence-corrected chi connectivity index (χ2v) is 4.81. The lowest BCUT2D eigenvalue weighted by Crippen LogP contribution is -2.08. The van der Waals surface area contributed by atoms with Crippen LogP contribution in [0.1, 0.15) is 24.1 Å². The maximum atomic E-state index is 13.6. The molecule has 1 atom stereocenters. The number of fused-ring (bicyclic) bond motifs is 1. The fourth-order valence-electron chi connectivity index (χ4n) is 2.05. The third-order valence-electron chi connectivity index (χ3n) is 3.28. The number of benzene rings is 1. The second-order valence-electron chi connectivity index (χ2n) is 4.81. The Balaban J connectivity index is 1.84. The van der Waals surface area contributed by atoms with Crippen molar-refractivity contribution in [1.29, 1.82) is 0 Å². The largest absolute Gasteiger partial charge is 0.346 e. The van der Waals surface area contributed by atoms with Crippen LogP contribution in [0.4, 0.5) is 10.3 Å². The van der Waals surface area contributed by atoms with Crippen molar-refractivity contribution >= 4 is 11.6 Å². The molecular formula is C15H15FN4. The van der Waals surface area contributed by atoms with Crippen molar-refractivity contribution in [2.75, 3.05) is 5.32 Å². The van der Waals surface area contributed by atoms with Gasteiger partial charge in [0, 0.05) is 6.20 Å². The van der Waals surface area contributed by atoms with E-state index in [1.54, 1.807) is 23.6 Å². The summed E-state index contributed by atoms with van der Waals surface area (Å²) in [5, 5.41) is 7.50. The van der Waals surface area contributed by atoms with Crippen LogP contribution < -0.4 is 5.32 Å². The van der Waals surface area contributed by atoms with E-state index in [4.69, 9.17) is 0 Å². The summed E-state index contributed by atoms with van der Waals surface area (Å²) in [6.07, 6.45) is 1.84. The molecular weight excluding hydrogens is 255 g/mol. The standard InChI is InChI=1S/C15H15FN4/c1-10-6-7-12(9-13(10)16)11(2)17-15-18-14-5-3-4-8-20(14)19-15/h3-9,11H,1-2H3,(H,17,19). The van der Waals surface area contributed by atoms with Gasteiger partial charge in [0.15, 0.2) is 5.65 Å². The average Bonchev–Trinajstić information content (AvgIpc) is 2.83. The quantitative estimate of drug-likeness (QED) is 0.793. The summed E-state index contributed by atoms with van der Waals surface area (Å²) in [4.78, 5) is 4.37. The summed E-state index contributed by atoms with van der Waals surface area (Å²) in [6.45, 7) is 3.71. The Kier molecular flexibility index (Phi) is 3.10. The lowest BCUT2D eigenvalue weighted by molar-refractivity contribution is 0.614. The zero-order valence-electron chi connectivity index (χ0n) is 11.3. The van der Waals surface area contributed by atoms with E-state index in [9.17, 15) is 4.39 Å².